The Hall–Kier alpha value is -2.93. The van der Waals surface area contributed by atoms with Crippen molar-refractivity contribution >= 4 is 29.2 Å². The van der Waals surface area contributed by atoms with Crippen molar-refractivity contribution in [1.29, 1.82) is 0 Å². The monoisotopic (exact) mass is 430 g/mol. The van der Waals surface area contributed by atoms with Crippen LogP contribution in [0, 0.1) is 0 Å². The Morgan fingerprint density at radius 1 is 1.10 bits per heavy atom. The van der Waals surface area contributed by atoms with Crippen LogP contribution in [0.2, 0.25) is 5.02 Å². The van der Waals surface area contributed by atoms with Crippen LogP contribution in [0.3, 0.4) is 0 Å². The highest BCUT2D eigenvalue weighted by Gasteiger charge is 2.12. The molecule has 0 fully saturated rings. The maximum atomic E-state index is 11.8. The normalized spacial score (nSPS) is 13.3. The zero-order valence-corrected chi connectivity index (χ0v) is 17.8. The number of rotatable bonds is 7. The minimum Gasteiger partial charge on any atom is -0.490 e. The molecule has 30 heavy (non-hydrogen) atoms. The average molecular weight is 431 g/mol. The second-order valence-electron chi connectivity index (χ2n) is 6.76. The molecule has 0 saturated carbocycles. The zero-order chi connectivity index (χ0) is 21.2. The number of hydrogen-bond donors (Lipinski definition) is 3. The fourth-order valence-corrected chi connectivity index (χ4v) is 3.15. The second kappa shape index (κ2) is 11.3. The molecule has 2 aromatic carbocycles. The molecule has 2 aromatic rings. The first-order valence-electron chi connectivity index (χ1n) is 10.1. The first-order chi connectivity index (χ1) is 14.6. The predicted octanol–water partition coefficient (Wildman–Crippen LogP) is 3.24. The average Bonchev–Trinajstić information content (AvgIpc) is 2.97. The molecule has 0 bridgehead atoms. The van der Waals surface area contributed by atoms with Gasteiger partial charge in [-0.3, -0.25) is 4.79 Å². The lowest BCUT2D eigenvalue weighted by Gasteiger charge is -2.15. The van der Waals surface area contributed by atoms with E-state index in [2.05, 4.69) is 20.9 Å². The lowest BCUT2D eigenvalue weighted by atomic mass is 10.1. The van der Waals surface area contributed by atoms with Crippen LogP contribution in [0.25, 0.3) is 0 Å². The van der Waals surface area contributed by atoms with Gasteiger partial charge in [-0.05, 0) is 43.2 Å². The Morgan fingerprint density at radius 3 is 2.73 bits per heavy atom. The standard InChI is InChI=1S/C22H27ClN4O3/c1-2-24-21(28)15-26-22(25-10-9-16-5-3-6-17(23)13-16)27-18-7-8-19-20(14-18)30-12-4-11-29-19/h3,5-8,13-14H,2,4,9-12,15H2,1H3,(H,24,28)(H2,25,26,27). The number of nitrogens with zero attached hydrogens (tertiary/aromatic N) is 1. The van der Waals surface area contributed by atoms with E-state index < -0.39 is 0 Å². The third-order valence-corrected chi connectivity index (χ3v) is 4.60. The summed E-state index contributed by atoms with van der Waals surface area (Å²) in [5.74, 6) is 1.80. The number of likely N-dealkylation sites (N-methyl/N-ethyl adjacent to an activating group) is 1. The number of nitrogens with one attached hydrogen (secondary N) is 3. The van der Waals surface area contributed by atoms with Crippen LogP contribution in [0.4, 0.5) is 5.69 Å². The number of carbonyl (C=O) groups is 1. The zero-order valence-electron chi connectivity index (χ0n) is 17.0. The second-order valence-corrected chi connectivity index (χ2v) is 7.20. The van der Waals surface area contributed by atoms with Gasteiger partial charge in [0, 0.05) is 36.3 Å². The van der Waals surface area contributed by atoms with Crippen molar-refractivity contribution < 1.29 is 14.3 Å². The van der Waals surface area contributed by atoms with E-state index in [9.17, 15) is 4.79 Å². The van der Waals surface area contributed by atoms with Gasteiger partial charge in [0.25, 0.3) is 0 Å². The number of amides is 1. The number of halogens is 1. The summed E-state index contributed by atoms with van der Waals surface area (Å²) < 4.78 is 11.4. The van der Waals surface area contributed by atoms with Gasteiger partial charge in [0.15, 0.2) is 17.5 Å². The van der Waals surface area contributed by atoms with Gasteiger partial charge in [0.05, 0.1) is 13.2 Å². The Labute approximate surface area is 181 Å². The summed E-state index contributed by atoms with van der Waals surface area (Å²) in [5, 5.41) is 9.97. The van der Waals surface area contributed by atoms with Crippen molar-refractivity contribution in [2.45, 2.75) is 19.8 Å². The van der Waals surface area contributed by atoms with Gasteiger partial charge in [-0.2, -0.15) is 0 Å². The highest BCUT2D eigenvalue weighted by atomic mass is 35.5. The maximum absolute atomic E-state index is 11.8. The Bertz CT molecular complexity index is 888. The van der Waals surface area contributed by atoms with Crippen LogP contribution < -0.4 is 25.4 Å². The summed E-state index contributed by atoms with van der Waals surface area (Å²) in [7, 11) is 0. The van der Waals surface area contributed by atoms with E-state index in [1.54, 1.807) is 0 Å². The van der Waals surface area contributed by atoms with E-state index in [0.717, 1.165) is 29.8 Å². The number of fused-ring (bicyclic) bond motifs is 1. The summed E-state index contributed by atoms with van der Waals surface area (Å²) in [6, 6.07) is 13.4. The van der Waals surface area contributed by atoms with E-state index in [0.29, 0.717) is 43.0 Å². The van der Waals surface area contributed by atoms with Gasteiger partial charge < -0.3 is 25.4 Å². The van der Waals surface area contributed by atoms with Crippen LogP contribution >= 0.6 is 11.6 Å². The first kappa shape index (κ1) is 21.8. The number of benzene rings is 2. The maximum Gasteiger partial charge on any atom is 0.241 e. The van der Waals surface area contributed by atoms with E-state index >= 15 is 0 Å². The molecule has 0 radical (unpaired) electrons. The van der Waals surface area contributed by atoms with Crippen molar-refractivity contribution in [2.75, 3.05) is 38.2 Å². The minimum atomic E-state index is -0.132. The van der Waals surface area contributed by atoms with Crippen molar-refractivity contribution in [1.82, 2.24) is 10.6 Å². The highest BCUT2D eigenvalue weighted by Crippen LogP contribution is 2.32. The van der Waals surface area contributed by atoms with Crippen LogP contribution in [0.1, 0.15) is 18.9 Å². The van der Waals surface area contributed by atoms with Crippen LogP contribution in [-0.4, -0.2) is 44.7 Å². The molecule has 0 aliphatic carbocycles. The molecular weight excluding hydrogens is 404 g/mol. The molecule has 3 rings (SSSR count). The molecule has 0 saturated heterocycles. The molecule has 1 amide bonds. The summed E-state index contributed by atoms with van der Waals surface area (Å²) in [5.41, 5.74) is 1.91. The fourth-order valence-electron chi connectivity index (χ4n) is 2.94. The molecule has 0 unspecified atom stereocenters. The van der Waals surface area contributed by atoms with Crippen molar-refractivity contribution in [3.63, 3.8) is 0 Å². The van der Waals surface area contributed by atoms with Gasteiger partial charge in [0.2, 0.25) is 5.91 Å². The van der Waals surface area contributed by atoms with E-state index in [1.165, 1.54) is 0 Å². The first-order valence-corrected chi connectivity index (χ1v) is 10.5. The predicted molar refractivity (Wildman–Crippen MR) is 120 cm³/mol. The lowest BCUT2D eigenvalue weighted by Crippen LogP contribution is -2.34. The molecule has 1 aliphatic heterocycles. The number of hydrogen-bond acceptors (Lipinski definition) is 4. The summed E-state index contributed by atoms with van der Waals surface area (Å²) in [6.07, 6.45) is 1.62. The third-order valence-electron chi connectivity index (χ3n) is 4.36. The van der Waals surface area contributed by atoms with E-state index in [-0.39, 0.29) is 12.5 Å². The summed E-state index contributed by atoms with van der Waals surface area (Å²) >= 11 is 6.05. The van der Waals surface area contributed by atoms with E-state index in [1.807, 2.05) is 49.4 Å². The third kappa shape index (κ3) is 6.84. The van der Waals surface area contributed by atoms with Gasteiger partial charge in [0.1, 0.15) is 6.54 Å². The minimum absolute atomic E-state index is 0.0326. The van der Waals surface area contributed by atoms with Crippen LogP contribution in [-0.2, 0) is 11.2 Å². The van der Waals surface area contributed by atoms with Gasteiger partial charge in [-0.25, -0.2) is 4.99 Å². The summed E-state index contributed by atoms with van der Waals surface area (Å²) in [4.78, 5) is 16.2. The molecule has 1 heterocycles. The van der Waals surface area contributed by atoms with Crippen LogP contribution in [0.5, 0.6) is 11.5 Å². The van der Waals surface area contributed by atoms with Crippen molar-refractivity contribution in [3.8, 4) is 11.5 Å². The van der Waals surface area contributed by atoms with Gasteiger partial charge in [-0.1, -0.05) is 23.7 Å². The van der Waals surface area contributed by atoms with Crippen molar-refractivity contribution in [2.24, 2.45) is 4.99 Å². The molecule has 160 valence electrons. The molecule has 0 atom stereocenters. The molecule has 7 nitrogen and oxygen atoms in total. The topological polar surface area (TPSA) is 84.0 Å². The largest absolute Gasteiger partial charge is 0.490 e. The summed E-state index contributed by atoms with van der Waals surface area (Å²) in [6.45, 7) is 4.37. The SMILES string of the molecule is CCNC(=O)CN=C(NCCc1cccc(Cl)c1)Nc1ccc2c(c1)OCCCO2. The van der Waals surface area contributed by atoms with Crippen molar-refractivity contribution in [3.05, 3.63) is 53.1 Å². The number of guanidine groups is 1. The Balaban J connectivity index is 1.66. The Kier molecular flexibility index (Phi) is 8.20. The molecule has 0 aromatic heterocycles. The highest BCUT2D eigenvalue weighted by molar-refractivity contribution is 6.30. The Morgan fingerprint density at radius 2 is 1.93 bits per heavy atom. The smallest absolute Gasteiger partial charge is 0.241 e. The number of aliphatic imine (C=N–C) groups is 1. The lowest BCUT2D eigenvalue weighted by molar-refractivity contribution is -0.119. The fraction of sp³-hybridized carbons (Fsp3) is 0.364. The molecule has 3 N–H and O–H groups in total. The molecule has 0 spiro atoms. The number of anilines is 1. The molecule has 1 aliphatic rings. The quantitative estimate of drug-likeness (QED) is 0.464. The van der Waals surface area contributed by atoms with E-state index in [4.69, 9.17) is 21.1 Å². The number of carbonyl (C=O) groups excluding carboxylic acids is 1. The van der Waals surface area contributed by atoms with Gasteiger partial charge in [-0.15, -0.1) is 0 Å². The number of ether oxygens (including phenoxy) is 2. The molecule has 8 heteroatoms. The molecular formula is C22H27ClN4O3. The van der Waals surface area contributed by atoms with Gasteiger partial charge >= 0.3 is 0 Å². The van der Waals surface area contributed by atoms with Crippen LogP contribution in [0.15, 0.2) is 47.5 Å².